The van der Waals surface area contributed by atoms with E-state index in [9.17, 15) is 4.79 Å². The molecule has 1 spiro atoms. The first kappa shape index (κ1) is 10.4. The molecule has 0 aromatic heterocycles. The molecule has 3 aliphatic rings. The quantitative estimate of drug-likeness (QED) is 0.648. The van der Waals surface area contributed by atoms with E-state index in [0.29, 0.717) is 0 Å². The lowest BCUT2D eigenvalue weighted by atomic mass is 9.51. The van der Waals surface area contributed by atoms with Gasteiger partial charge in [-0.25, -0.2) is 0 Å². The highest BCUT2D eigenvalue weighted by atomic mass is 16.5. The van der Waals surface area contributed by atoms with Gasteiger partial charge in [-0.05, 0) is 42.4 Å². The molecule has 0 radical (unpaired) electrons. The Bertz CT molecular complexity index is 587. The summed E-state index contributed by atoms with van der Waals surface area (Å²) in [5, 5.41) is 0. The maximum Gasteiger partial charge on any atom is 0.214 e. The predicted molar refractivity (Wildman–Crippen MR) is 68.8 cm³/mol. The van der Waals surface area contributed by atoms with Gasteiger partial charge in [-0.3, -0.25) is 4.79 Å². The summed E-state index contributed by atoms with van der Waals surface area (Å²) in [7, 11) is 0. The second kappa shape index (κ2) is 3.05. The average Bonchev–Trinajstić information content (AvgIpc) is 2.64. The zero-order chi connectivity index (χ0) is 12.4. The third-order valence-electron chi connectivity index (χ3n) is 4.79. The molecule has 1 saturated carbocycles. The summed E-state index contributed by atoms with van der Waals surface area (Å²) < 4.78 is 6.06. The molecular weight excluding hydrogens is 224 g/mol. The lowest BCUT2D eigenvalue weighted by Crippen LogP contribution is -2.60. The van der Waals surface area contributed by atoms with Crippen molar-refractivity contribution >= 4 is 5.78 Å². The van der Waals surface area contributed by atoms with Crippen LogP contribution in [0.2, 0.25) is 0 Å². The molecule has 0 N–H and O–H groups in total. The Kier molecular flexibility index (Phi) is 1.76. The van der Waals surface area contributed by atoms with E-state index in [-0.39, 0.29) is 11.2 Å². The number of carbonyl (C=O) groups excluding carboxylic acids is 1. The van der Waals surface area contributed by atoms with Crippen LogP contribution in [0.3, 0.4) is 0 Å². The van der Waals surface area contributed by atoms with Crippen molar-refractivity contribution < 1.29 is 9.53 Å². The number of fused-ring (bicyclic) bond motifs is 3. The monoisotopic (exact) mass is 240 g/mol. The zero-order valence-electron chi connectivity index (χ0n) is 10.5. The molecule has 1 aliphatic heterocycles. The van der Waals surface area contributed by atoms with Crippen LogP contribution in [0.5, 0.6) is 5.75 Å². The predicted octanol–water partition coefficient (Wildman–Crippen LogP) is 3.52. The number of allylic oxidation sites excluding steroid dienone is 1. The first-order valence-electron chi connectivity index (χ1n) is 6.70. The molecule has 1 unspecified atom stereocenters. The van der Waals surface area contributed by atoms with Crippen molar-refractivity contribution in [2.75, 3.05) is 0 Å². The van der Waals surface area contributed by atoms with Gasteiger partial charge in [-0.2, -0.15) is 0 Å². The minimum absolute atomic E-state index is 0.170. The van der Waals surface area contributed by atoms with E-state index in [0.717, 1.165) is 24.2 Å². The smallest absolute Gasteiger partial charge is 0.214 e. The lowest BCUT2D eigenvalue weighted by molar-refractivity contribution is -0.00593. The summed E-state index contributed by atoms with van der Waals surface area (Å²) in [4.78, 5) is 12.6. The average molecular weight is 240 g/mol. The number of benzene rings is 1. The summed E-state index contributed by atoms with van der Waals surface area (Å²) in [5.41, 5.74) is 1.56. The molecule has 1 fully saturated rings. The third-order valence-corrected chi connectivity index (χ3v) is 4.79. The molecule has 2 aliphatic carbocycles. The maximum atomic E-state index is 12.6. The fraction of sp³-hybridized carbons (Fsp3) is 0.438. The van der Waals surface area contributed by atoms with Gasteiger partial charge in [0.2, 0.25) is 5.78 Å². The SMILES string of the molecule is CC12CCCC=C1[C@@]1(C2)Oc2ccccc2C1=O. The van der Waals surface area contributed by atoms with Crippen molar-refractivity contribution in [2.24, 2.45) is 5.41 Å². The Balaban J connectivity index is 1.82. The number of Topliss-reactive ketones (excluding diaryl/α,β-unsaturated/α-hetero) is 1. The standard InChI is InChI=1S/C16H16O2/c1-15-9-5-4-8-13(15)16(10-15)14(17)11-6-2-3-7-12(11)18-16/h2-3,6-8H,4-5,9-10H2,1H3/t15?,16-/m1/s1. The Morgan fingerprint density at radius 3 is 2.89 bits per heavy atom. The highest BCUT2D eigenvalue weighted by molar-refractivity contribution is 6.11. The summed E-state index contributed by atoms with van der Waals surface area (Å²) in [6.45, 7) is 2.27. The Morgan fingerprint density at radius 1 is 1.28 bits per heavy atom. The molecule has 2 heteroatoms. The van der Waals surface area contributed by atoms with Crippen LogP contribution in [0.4, 0.5) is 0 Å². The van der Waals surface area contributed by atoms with E-state index in [1.54, 1.807) is 0 Å². The number of para-hydroxylation sites is 1. The molecule has 4 rings (SSSR count). The van der Waals surface area contributed by atoms with Gasteiger partial charge >= 0.3 is 0 Å². The van der Waals surface area contributed by atoms with E-state index in [2.05, 4.69) is 13.0 Å². The molecule has 2 atom stereocenters. The van der Waals surface area contributed by atoms with Crippen molar-refractivity contribution in [2.45, 2.75) is 38.2 Å². The van der Waals surface area contributed by atoms with Crippen LogP contribution in [0, 0.1) is 5.41 Å². The topological polar surface area (TPSA) is 26.3 Å². The van der Waals surface area contributed by atoms with E-state index in [1.165, 1.54) is 18.4 Å². The Labute approximate surface area is 107 Å². The molecule has 2 nitrogen and oxygen atoms in total. The van der Waals surface area contributed by atoms with E-state index < -0.39 is 5.60 Å². The number of ether oxygens (including phenoxy) is 1. The summed E-state index contributed by atoms with van der Waals surface area (Å²) in [5.74, 6) is 0.930. The summed E-state index contributed by atoms with van der Waals surface area (Å²) in [6.07, 6.45) is 6.60. The van der Waals surface area contributed by atoms with Crippen molar-refractivity contribution in [1.29, 1.82) is 0 Å². The molecule has 0 saturated heterocycles. The first-order valence-corrected chi connectivity index (χ1v) is 6.70. The minimum Gasteiger partial charge on any atom is -0.474 e. The Hall–Kier alpha value is -1.57. The fourth-order valence-corrected chi connectivity index (χ4v) is 3.98. The fourth-order valence-electron chi connectivity index (χ4n) is 3.98. The highest BCUT2D eigenvalue weighted by Gasteiger charge is 2.65. The van der Waals surface area contributed by atoms with E-state index in [1.807, 2.05) is 24.3 Å². The molecular formula is C16H16O2. The number of hydrogen-bond donors (Lipinski definition) is 0. The van der Waals surface area contributed by atoms with Gasteiger partial charge in [0.1, 0.15) is 5.75 Å². The molecule has 92 valence electrons. The third kappa shape index (κ3) is 1.02. The largest absolute Gasteiger partial charge is 0.474 e. The molecule has 1 aromatic rings. The second-order valence-electron chi connectivity index (χ2n) is 6.00. The van der Waals surface area contributed by atoms with E-state index in [4.69, 9.17) is 4.74 Å². The van der Waals surface area contributed by atoms with Crippen LogP contribution in [0.15, 0.2) is 35.9 Å². The minimum atomic E-state index is -0.640. The van der Waals surface area contributed by atoms with Crippen LogP contribution in [-0.2, 0) is 0 Å². The van der Waals surface area contributed by atoms with Crippen LogP contribution < -0.4 is 4.74 Å². The number of carbonyl (C=O) groups is 1. The Morgan fingerprint density at radius 2 is 2.11 bits per heavy atom. The maximum absolute atomic E-state index is 12.6. The normalized spacial score (nSPS) is 36.5. The van der Waals surface area contributed by atoms with Crippen molar-refractivity contribution in [1.82, 2.24) is 0 Å². The number of ketones is 1. The van der Waals surface area contributed by atoms with E-state index >= 15 is 0 Å². The molecule has 1 aromatic carbocycles. The molecule has 0 bridgehead atoms. The number of rotatable bonds is 0. The van der Waals surface area contributed by atoms with Crippen molar-refractivity contribution in [3.05, 3.63) is 41.5 Å². The first-order chi connectivity index (χ1) is 8.66. The van der Waals surface area contributed by atoms with Crippen LogP contribution in [0.1, 0.15) is 43.0 Å². The summed E-state index contributed by atoms with van der Waals surface area (Å²) in [6, 6.07) is 7.62. The second-order valence-corrected chi connectivity index (χ2v) is 6.00. The van der Waals surface area contributed by atoms with Crippen molar-refractivity contribution in [3.63, 3.8) is 0 Å². The molecule has 18 heavy (non-hydrogen) atoms. The lowest BCUT2D eigenvalue weighted by Gasteiger charge is -2.55. The zero-order valence-corrected chi connectivity index (χ0v) is 10.5. The van der Waals surface area contributed by atoms with Gasteiger partial charge in [-0.15, -0.1) is 0 Å². The summed E-state index contributed by atoms with van der Waals surface area (Å²) >= 11 is 0. The van der Waals surface area contributed by atoms with Crippen molar-refractivity contribution in [3.8, 4) is 5.75 Å². The molecule has 1 heterocycles. The van der Waals surface area contributed by atoms with Crippen LogP contribution in [0.25, 0.3) is 0 Å². The van der Waals surface area contributed by atoms with Gasteiger partial charge in [-0.1, -0.05) is 25.1 Å². The van der Waals surface area contributed by atoms with Gasteiger partial charge < -0.3 is 4.74 Å². The van der Waals surface area contributed by atoms with Gasteiger partial charge in [0.05, 0.1) is 5.56 Å². The molecule has 0 amide bonds. The number of hydrogen-bond acceptors (Lipinski definition) is 2. The van der Waals surface area contributed by atoms with Crippen LogP contribution in [-0.4, -0.2) is 11.4 Å². The van der Waals surface area contributed by atoms with Gasteiger partial charge in [0.25, 0.3) is 0 Å². The van der Waals surface area contributed by atoms with Crippen LogP contribution >= 0.6 is 0 Å². The van der Waals surface area contributed by atoms with Gasteiger partial charge in [0.15, 0.2) is 5.60 Å². The highest BCUT2D eigenvalue weighted by Crippen LogP contribution is 2.62. The van der Waals surface area contributed by atoms with Gasteiger partial charge in [0, 0.05) is 6.42 Å².